The zero-order chi connectivity index (χ0) is 16.7. The number of likely N-dealkylation sites (N-methyl/N-ethyl adjacent to an activating group) is 1. The van der Waals surface area contributed by atoms with E-state index in [-0.39, 0.29) is 11.9 Å². The molecule has 2 aliphatic heterocycles. The summed E-state index contributed by atoms with van der Waals surface area (Å²) in [6, 6.07) is 0.633. The average Bonchev–Trinajstić information content (AvgIpc) is 3.23. The number of amides is 1. The normalized spacial score (nSPS) is 31.8. The maximum atomic E-state index is 13.3. The third-order valence-electron chi connectivity index (χ3n) is 6.34. The minimum Gasteiger partial charge on any atom is -0.337 e. The molecule has 2 saturated heterocycles. The van der Waals surface area contributed by atoms with Gasteiger partial charge >= 0.3 is 0 Å². The molecule has 0 bridgehead atoms. The Balaban J connectivity index is 1.86. The van der Waals surface area contributed by atoms with Gasteiger partial charge in [-0.2, -0.15) is 0 Å². The van der Waals surface area contributed by atoms with Gasteiger partial charge in [0.1, 0.15) is 0 Å². The van der Waals surface area contributed by atoms with E-state index in [9.17, 15) is 13.2 Å². The molecule has 0 N–H and O–H groups in total. The van der Waals surface area contributed by atoms with E-state index in [1.807, 2.05) is 4.90 Å². The van der Waals surface area contributed by atoms with Crippen molar-refractivity contribution < 1.29 is 13.2 Å². The van der Waals surface area contributed by atoms with Gasteiger partial charge in [0.05, 0.1) is 0 Å². The van der Waals surface area contributed by atoms with E-state index in [0.29, 0.717) is 18.9 Å². The Labute approximate surface area is 140 Å². The molecule has 1 saturated carbocycles. The summed E-state index contributed by atoms with van der Waals surface area (Å²) < 4.78 is 23.8. The number of carbonyl (C=O) groups is 1. The van der Waals surface area contributed by atoms with Gasteiger partial charge in [-0.1, -0.05) is 19.8 Å². The van der Waals surface area contributed by atoms with E-state index in [1.54, 1.807) is 0 Å². The SMILES string of the molecule is CCN1CCC[C@@H]1[C@H]1CCCN1C(=O)C1(S(C)(=O)=O)CCCC1. The Morgan fingerprint density at radius 3 is 2.26 bits per heavy atom. The monoisotopic (exact) mass is 342 g/mol. The lowest BCUT2D eigenvalue weighted by molar-refractivity contribution is -0.135. The van der Waals surface area contributed by atoms with Gasteiger partial charge < -0.3 is 4.90 Å². The molecule has 1 amide bonds. The largest absolute Gasteiger partial charge is 0.337 e. The van der Waals surface area contributed by atoms with Crippen LogP contribution >= 0.6 is 0 Å². The van der Waals surface area contributed by atoms with Crippen LogP contribution in [0.3, 0.4) is 0 Å². The zero-order valence-electron chi connectivity index (χ0n) is 14.5. The van der Waals surface area contributed by atoms with Crippen LogP contribution in [0.25, 0.3) is 0 Å². The molecule has 132 valence electrons. The summed E-state index contributed by atoms with van der Waals surface area (Å²) in [5.41, 5.74) is 0. The number of likely N-dealkylation sites (tertiary alicyclic amines) is 2. The molecule has 0 aromatic heterocycles. The van der Waals surface area contributed by atoms with Crippen molar-refractivity contribution in [1.82, 2.24) is 9.80 Å². The van der Waals surface area contributed by atoms with Gasteiger partial charge in [-0.05, 0) is 51.6 Å². The van der Waals surface area contributed by atoms with Crippen LogP contribution in [0.2, 0.25) is 0 Å². The number of rotatable bonds is 4. The van der Waals surface area contributed by atoms with Gasteiger partial charge in [0, 0.05) is 24.9 Å². The van der Waals surface area contributed by atoms with E-state index < -0.39 is 14.6 Å². The topological polar surface area (TPSA) is 57.7 Å². The fourth-order valence-corrected chi connectivity index (χ4v) is 6.54. The molecule has 5 nitrogen and oxygen atoms in total. The van der Waals surface area contributed by atoms with Gasteiger partial charge in [0.15, 0.2) is 14.6 Å². The molecule has 0 radical (unpaired) electrons. The third-order valence-corrected chi connectivity index (χ3v) is 8.34. The number of nitrogens with zero attached hydrogens (tertiary/aromatic N) is 2. The summed E-state index contributed by atoms with van der Waals surface area (Å²) in [5.74, 6) is -0.0945. The van der Waals surface area contributed by atoms with Crippen molar-refractivity contribution in [3.8, 4) is 0 Å². The summed E-state index contributed by atoms with van der Waals surface area (Å²) in [7, 11) is -3.37. The molecule has 3 rings (SSSR count). The molecule has 0 unspecified atom stereocenters. The Hall–Kier alpha value is -0.620. The second-order valence-corrected chi connectivity index (χ2v) is 9.85. The molecule has 23 heavy (non-hydrogen) atoms. The molecular weight excluding hydrogens is 312 g/mol. The van der Waals surface area contributed by atoms with Gasteiger partial charge in [-0.25, -0.2) is 8.42 Å². The lowest BCUT2D eigenvalue weighted by atomic mass is 10.00. The van der Waals surface area contributed by atoms with Crippen LogP contribution < -0.4 is 0 Å². The Kier molecular flexibility index (Phi) is 4.76. The van der Waals surface area contributed by atoms with E-state index in [4.69, 9.17) is 0 Å². The number of sulfone groups is 1. The molecule has 0 spiro atoms. The summed E-state index contributed by atoms with van der Waals surface area (Å²) in [4.78, 5) is 17.7. The van der Waals surface area contributed by atoms with E-state index in [0.717, 1.165) is 51.7 Å². The molecule has 0 aromatic carbocycles. The van der Waals surface area contributed by atoms with Crippen LogP contribution in [0.4, 0.5) is 0 Å². The average molecular weight is 343 g/mol. The highest BCUT2D eigenvalue weighted by atomic mass is 32.2. The highest BCUT2D eigenvalue weighted by Gasteiger charge is 2.54. The van der Waals surface area contributed by atoms with Crippen molar-refractivity contribution in [2.75, 3.05) is 25.9 Å². The van der Waals surface area contributed by atoms with Gasteiger partial charge in [0.25, 0.3) is 0 Å². The predicted octanol–water partition coefficient (Wildman–Crippen LogP) is 1.82. The first-order valence-electron chi connectivity index (χ1n) is 9.15. The zero-order valence-corrected chi connectivity index (χ0v) is 15.3. The molecular formula is C17H30N2O3S. The van der Waals surface area contributed by atoms with Crippen LogP contribution in [0.15, 0.2) is 0 Å². The highest BCUT2D eigenvalue weighted by molar-refractivity contribution is 7.92. The summed E-state index contributed by atoms with van der Waals surface area (Å²) in [6.07, 6.45) is 8.32. The van der Waals surface area contributed by atoms with Crippen molar-refractivity contribution in [2.45, 2.75) is 75.1 Å². The van der Waals surface area contributed by atoms with Gasteiger partial charge in [-0.3, -0.25) is 9.69 Å². The highest BCUT2D eigenvalue weighted by Crippen LogP contribution is 2.41. The minimum absolute atomic E-state index is 0.0945. The van der Waals surface area contributed by atoms with Crippen molar-refractivity contribution in [1.29, 1.82) is 0 Å². The second-order valence-electron chi connectivity index (χ2n) is 7.52. The minimum atomic E-state index is -3.37. The van der Waals surface area contributed by atoms with E-state index in [2.05, 4.69) is 11.8 Å². The summed E-state index contributed by atoms with van der Waals surface area (Å²) >= 11 is 0. The van der Waals surface area contributed by atoms with Crippen molar-refractivity contribution >= 4 is 15.7 Å². The lowest BCUT2D eigenvalue weighted by Gasteiger charge is -2.38. The number of hydrogen-bond acceptors (Lipinski definition) is 4. The molecule has 0 aromatic rings. The standard InChI is InChI=1S/C17H30N2O3S/c1-3-18-12-6-8-14(18)15-9-7-13-19(15)16(20)17(23(2,21)22)10-4-5-11-17/h14-15H,3-13H2,1-2H3/t14-,15-/m1/s1. The van der Waals surface area contributed by atoms with Crippen LogP contribution in [-0.2, 0) is 14.6 Å². The molecule has 3 fully saturated rings. The Morgan fingerprint density at radius 1 is 1.04 bits per heavy atom. The van der Waals surface area contributed by atoms with E-state index >= 15 is 0 Å². The van der Waals surface area contributed by atoms with E-state index in [1.165, 1.54) is 12.7 Å². The summed E-state index contributed by atoms with van der Waals surface area (Å²) in [6.45, 7) is 5.03. The molecule has 3 aliphatic rings. The first-order chi connectivity index (χ1) is 10.9. The second kappa shape index (κ2) is 6.36. The third kappa shape index (κ3) is 2.82. The maximum absolute atomic E-state index is 13.3. The van der Waals surface area contributed by atoms with Gasteiger partial charge in [-0.15, -0.1) is 0 Å². The number of hydrogen-bond donors (Lipinski definition) is 0. The van der Waals surface area contributed by atoms with Crippen molar-refractivity contribution in [3.05, 3.63) is 0 Å². The predicted molar refractivity (Wildman–Crippen MR) is 91.0 cm³/mol. The van der Waals surface area contributed by atoms with Gasteiger partial charge in [0.2, 0.25) is 5.91 Å². The molecule has 2 heterocycles. The summed E-state index contributed by atoms with van der Waals surface area (Å²) in [5, 5.41) is 0. The van der Waals surface area contributed by atoms with Crippen LogP contribution in [0.5, 0.6) is 0 Å². The molecule has 1 aliphatic carbocycles. The lowest BCUT2D eigenvalue weighted by Crippen LogP contribution is -2.56. The maximum Gasteiger partial charge on any atom is 0.244 e. The fraction of sp³-hybridized carbons (Fsp3) is 0.941. The van der Waals surface area contributed by atoms with Crippen LogP contribution in [-0.4, -0.2) is 66.8 Å². The first kappa shape index (κ1) is 17.2. The van der Waals surface area contributed by atoms with Crippen molar-refractivity contribution in [3.63, 3.8) is 0 Å². The van der Waals surface area contributed by atoms with Crippen LogP contribution in [0.1, 0.15) is 58.3 Å². The smallest absolute Gasteiger partial charge is 0.244 e. The number of carbonyl (C=O) groups excluding carboxylic acids is 1. The Morgan fingerprint density at radius 2 is 1.65 bits per heavy atom. The molecule has 2 atom stereocenters. The first-order valence-corrected chi connectivity index (χ1v) is 11.0. The fourth-order valence-electron chi connectivity index (χ4n) is 5.08. The Bertz CT molecular complexity index is 554. The molecule has 6 heteroatoms. The van der Waals surface area contributed by atoms with Crippen LogP contribution in [0, 0.1) is 0 Å². The quantitative estimate of drug-likeness (QED) is 0.782. The van der Waals surface area contributed by atoms with Crippen molar-refractivity contribution in [2.24, 2.45) is 0 Å².